The normalized spacial score (nSPS) is 10.5. The summed E-state index contributed by atoms with van der Waals surface area (Å²) in [5, 5.41) is 4.23. The second-order valence-corrected chi connectivity index (χ2v) is 4.13. The molecule has 6 heteroatoms. The average Bonchev–Trinajstić information content (AvgIpc) is 2.80. The van der Waals surface area contributed by atoms with Gasteiger partial charge in [-0.1, -0.05) is 6.07 Å². The number of aromatic nitrogens is 3. The van der Waals surface area contributed by atoms with E-state index >= 15 is 0 Å². The van der Waals surface area contributed by atoms with Gasteiger partial charge in [-0.05, 0) is 6.07 Å². The van der Waals surface area contributed by atoms with Crippen LogP contribution in [0.4, 0.5) is 0 Å². The molecule has 0 saturated carbocycles. The van der Waals surface area contributed by atoms with Gasteiger partial charge in [0.25, 0.3) is 0 Å². The molecule has 0 aliphatic heterocycles. The Morgan fingerprint density at radius 1 is 1.26 bits per heavy atom. The molecule has 0 radical (unpaired) electrons. The molecule has 0 amide bonds. The van der Waals surface area contributed by atoms with Gasteiger partial charge in [0, 0.05) is 25.1 Å². The molecule has 0 unspecified atom stereocenters. The molecule has 6 nitrogen and oxygen atoms in total. The predicted octanol–water partition coefficient (Wildman–Crippen LogP) is 0.882. The van der Waals surface area contributed by atoms with E-state index in [2.05, 4.69) is 10.1 Å². The van der Waals surface area contributed by atoms with Crippen LogP contribution in [0.3, 0.4) is 0 Å². The summed E-state index contributed by atoms with van der Waals surface area (Å²) < 4.78 is 12.3. The second-order valence-electron chi connectivity index (χ2n) is 4.13. The zero-order valence-electron chi connectivity index (χ0n) is 11.4. The highest BCUT2D eigenvalue weighted by Gasteiger charge is 2.11. The van der Waals surface area contributed by atoms with Crippen LogP contribution in [-0.4, -0.2) is 29.0 Å². The number of hydrogen-bond donors (Lipinski definition) is 1. The van der Waals surface area contributed by atoms with Crippen LogP contribution in [-0.2, 0) is 20.0 Å². The highest BCUT2D eigenvalue weighted by molar-refractivity contribution is 5.42. The maximum atomic E-state index is 5.54. The van der Waals surface area contributed by atoms with Crippen LogP contribution in [0.25, 0.3) is 0 Å². The molecule has 1 aromatic heterocycles. The van der Waals surface area contributed by atoms with Gasteiger partial charge in [-0.3, -0.25) is 4.68 Å². The third-order valence-corrected chi connectivity index (χ3v) is 2.92. The Morgan fingerprint density at radius 3 is 2.63 bits per heavy atom. The molecule has 0 bridgehead atoms. The molecule has 0 saturated heterocycles. The van der Waals surface area contributed by atoms with Crippen LogP contribution in [0.1, 0.15) is 17.2 Å². The van der Waals surface area contributed by atoms with Crippen molar-refractivity contribution < 1.29 is 9.47 Å². The number of hydrogen-bond acceptors (Lipinski definition) is 5. The van der Waals surface area contributed by atoms with E-state index in [1.165, 1.54) is 0 Å². The lowest BCUT2D eigenvalue weighted by Gasteiger charge is -2.09. The fourth-order valence-corrected chi connectivity index (χ4v) is 1.88. The summed E-state index contributed by atoms with van der Waals surface area (Å²) in [7, 11) is 5.13. The Bertz CT molecular complexity index is 566. The van der Waals surface area contributed by atoms with Crippen molar-refractivity contribution in [1.82, 2.24) is 14.8 Å². The zero-order valence-corrected chi connectivity index (χ0v) is 11.4. The molecule has 0 atom stereocenters. The zero-order chi connectivity index (χ0) is 13.8. The third kappa shape index (κ3) is 2.85. The Balaban J connectivity index is 2.29. The van der Waals surface area contributed by atoms with E-state index in [9.17, 15) is 0 Å². The number of benzene rings is 1. The van der Waals surface area contributed by atoms with Crippen LogP contribution in [0.2, 0.25) is 0 Å². The SMILES string of the molecule is COc1ccc(Cc2nc(CN)nn2C)c(OC)c1. The summed E-state index contributed by atoms with van der Waals surface area (Å²) in [5.74, 6) is 3.03. The maximum Gasteiger partial charge on any atom is 0.164 e. The summed E-state index contributed by atoms with van der Waals surface area (Å²) in [6, 6.07) is 5.72. The first-order valence-corrected chi connectivity index (χ1v) is 5.97. The Hall–Kier alpha value is -2.08. The van der Waals surface area contributed by atoms with Crippen molar-refractivity contribution in [2.75, 3.05) is 14.2 Å². The van der Waals surface area contributed by atoms with Gasteiger partial charge >= 0.3 is 0 Å². The first-order valence-electron chi connectivity index (χ1n) is 5.97. The monoisotopic (exact) mass is 262 g/mol. The van der Waals surface area contributed by atoms with Crippen LogP contribution < -0.4 is 15.2 Å². The maximum absolute atomic E-state index is 5.54. The van der Waals surface area contributed by atoms with Gasteiger partial charge in [-0.2, -0.15) is 5.10 Å². The number of ether oxygens (including phenoxy) is 2. The average molecular weight is 262 g/mol. The highest BCUT2D eigenvalue weighted by Crippen LogP contribution is 2.26. The van der Waals surface area contributed by atoms with E-state index in [0.29, 0.717) is 18.8 Å². The third-order valence-electron chi connectivity index (χ3n) is 2.92. The summed E-state index contributed by atoms with van der Waals surface area (Å²) in [5.41, 5.74) is 6.57. The molecule has 2 rings (SSSR count). The van der Waals surface area contributed by atoms with Crippen molar-refractivity contribution in [1.29, 1.82) is 0 Å². The lowest BCUT2D eigenvalue weighted by atomic mass is 10.1. The Morgan fingerprint density at radius 2 is 2.05 bits per heavy atom. The standard InChI is InChI=1S/C13H18N4O2/c1-17-13(15-12(8-14)16-17)6-9-4-5-10(18-2)7-11(9)19-3/h4-5,7H,6,8,14H2,1-3H3. The van der Waals surface area contributed by atoms with E-state index in [-0.39, 0.29) is 0 Å². The number of methoxy groups -OCH3 is 2. The summed E-state index contributed by atoms with van der Waals surface area (Å²) >= 11 is 0. The first-order chi connectivity index (χ1) is 9.17. The lowest BCUT2D eigenvalue weighted by Crippen LogP contribution is -2.02. The van der Waals surface area contributed by atoms with Crippen LogP contribution >= 0.6 is 0 Å². The molecule has 19 heavy (non-hydrogen) atoms. The largest absolute Gasteiger partial charge is 0.497 e. The van der Waals surface area contributed by atoms with E-state index in [0.717, 1.165) is 22.9 Å². The van der Waals surface area contributed by atoms with Crippen molar-refractivity contribution in [2.24, 2.45) is 12.8 Å². The minimum absolute atomic E-state index is 0.341. The number of nitrogens with two attached hydrogens (primary N) is 1. The van der Waals surface area contributed by atoms with Crippen molar-refractivity contribution in [3.8, 4) is 11.5 Å². The van der Waals surface area contributed by atoms with Gasteiger partial charge in [0.05, 0.1) is 20.8 Å². The van der Waals surface area contributed by atoms with Gasteiger partial charge in [0.15, 0.2) is 5.82 Å². The van der Waals surface area contributed by atoms with E-state index in [1.54, 1.807) is 18.9 Å². The smallest absolute Gasteiger partial charge is 0.164 e. The van der Waals surface area contributed by atoms with Gasteiger partial charge in [0.1, 0.15) is 17.3 Å². The molecule has 2 aromatic rings. The van der Waals surface area contributed by atoms with Gasteiger partial charge in [-0.15, -0.1) is 0 Å². The topological polar surface area (TPSA) is 75.2 Å². The fourth-order valence-electron chi connectivity index (χ4n) is 1.88. The lowest BCUT2D eigenvalue weighted by molar-refractivity contribution is 0.391. The number of rotatable bonds is 5. The van der Waals surface area contributed by atoms with Crippen LogP contribution in [0, 0.1) is 0 Å². The van der Waals surface area contributed by atoms with E-state index < -0.39 is 0 Å². The quantitative estimate of drug-likeness (QED) is 0.865. The minimum atomic E-state index is 0.341. The second kappa shape index (κ2) is 5.71. The van der Waals surface area contributed by atoms with Gasteiger partial charge in [0.2, 0.25) is 0 Å². The molecular formula is C13H18N4O2. The van der Waals surface area contributed by atoms with E-state index in [4.69, 9.17) is 15.2 Å². The fraction of sp³-hybridized carbons (Fsp3) is 0.385. The molecule has 0 fully saturated rings. The summed E-state index contributed by atoms with van der Waals surface area (Å²) in [4.78, 5) is 4.38. The molecule has 1 aromatic carbocycles. The molecule has 0 aliphatic carbocycles. The molecule has 102 valence electrons. The molecular weight excluding hydrogens is 244 g/mol. The molecule has 0 spiro atoms. The van der Waals surface area contributed by atoms with Crippen molar-refractivity contribution in [3.05, 3.63) is 35.4 Å². The Kier molecular flexibility index (Phi) is 4.01. The van der Waals surface area contributed by atoms with Crippen molar-refractivity contribution in [2.45, 2.75) is 13.0 Å². The molecule has 0 aliphatic rings. The minimum Gasteiger partial charge on any atom is -0.497 e. The van der Waals surface area contributed by atoms with Gasteiger partial charge < -0.3 is 15.2 Å². The van der Waals surface area contributed by atoms with Crippen molar-refractivity contribution >= 4 is 0 Å². The van der Waals surface area contributed by atoms with Crippen LogP contribution in [0.15, 0.2) is 18.2 Å². The molecule has 2 N–H and O–H groups in total. The highest BCUT2D eigenvalue weighted by atomic mass is 16.5. The summed E-state index contributed by atoms with van der Waals surface area (Å²) in [6.07, 6.45) is 0.636. The number of aryl methyl sites for hydroxylation is 1. The van der Waals surface area contributed by atoms with E-state index in [1.807, 2.05) is 25.2 Å². The van der Waals surface area contributed by atoms with Crippen molar-refractivity contribution in [3.63, 3.8) is 0 Å². The van der Waals surface area contributed by atoms with Gasteiger partial charge in [-0.25, -0.2) is 4.98 Å². The molecule has 1 heterocycles. The van der Waals surface area contributed by atoms with Crippen LogP contribution in [0.5, 0.6) is 11.5 Å². The number of nitrogens with zero attached hydrogens (tertiary/aromatic N) is 3. The Labute approximate surface area is 112 Å². The summed E-state index contributed by atoms with van der Waals surface area (Å²) in [6.45, 7) is 0.341. The predicted molar refractivity (Wildman–Crippen MR) is 71.2 cm³/mol. The first kappa shape index (κ1) is 13.4.